The molecule has 1 aromatic rings. The zero-order valence-electron chi connectivity index (χ0n) is 8.42. The van der Waals surface area contributed by atoms with Gasteiger partial charge < -0.3 is 9.84 Å². The van der Waals surface area contributed by atoms with Gasteiger partial charge >= 0.3 is 12.1 Å². The first-order valence-corrected chi connectivity index (χ1v) is 4.46. The lowest BCUT2D eigenvalue weighted by Gasteiger charge is -2.08. The predicted octanol–water partition coefficient (Wildman–Crippen LogP) is 2.60. The van der Waals surface area contributed by atoms with Gasteiger partial charge in [0, 0.05) is 5.56 Å². The monoisotopic (exact) mass is 252 g/mol. The Kier molecular flexibility index (Phi) is 4.06. The van der Waals surface area contributed by atoms with Crippen LogP contribution < -0.4 is 0 Å². The van der Waals surface area contributed by atoms with Gasteiger partial charge in [-0.25, -0.2) is 9.18 Å². The summed E-state index contributed by atoms with van der Waals surface area (Å²) in [5.41, 5.74) is -0.402. The predicted molar refractivity (Wildman–Crippen MR) is 49.1 cm³/mol. The first kappa shape index (κ1) is 13.4. The fourth-order valence-corrected chi connectivity index (χ4v) is 1.07. The first-order chi connectivity index (χ1) is 7.79. The molecule has 0 aliphatic heterocycles. The van der Waals surface area contributed by atoms with E-state index in [1.165, 1.54) is 0 Å². The molecular formula is C10H8F4O3. The van der Waals surface area contributed by atoms with E-state index in [1.54, 1.807) is 0 Å². The van der Waals surface area contributed by atoms with Gasteiger partial charge in [0.25, 0.3) is 0 Å². The molecule has 0 aliphatic rings. The highest BCUT2D eigenvalue weighted by Gasteiger charge is 2.27. The quantitative estimate of drug-likeness (QED) is 0.838. The Labute approximate surface area is 93.6 Å². The van der Waals surface area contributed by atoms with Gasteiger partial charge in [0.05, 0.1) is 12.2 Å². The third-order valence-electron chi connectivity index (χ3n) is 1.82. The highest BCUT2D eigenvalue weighted by atomic mass is 19.4. The van der Waals surface area contributed by atoms with E-state index in [-0.39, 0.29) is 11.1 Å². The molecular weight excluding hydrogens is 244 g/mol. The summed E-state index contributed by atoms with van der Waals surface area (Å²) in [5.74, 6) is -2.22. The fourth-order valence-electron chi connectivity index (χ4n) is 1.07. The van der Waals surface area contributed by atoms with Gasteiger partial charge in [0.2, 0.25) is 0 Å². The normalized spacial score (nSPS) is 11.5. The van der Waals surface area contributed by atoms with Crippen molar-refractivity contribution >= 4 is 5.97 Å². The van der Waals surface area contributed by atoms with Crippen LogP contribution >= 0.6 is 0 Å². The summed E-state index contributed by atoms with van der Waals surface area (Å²) in [6.45, 7) is -2.04. The van der Waals surface area contributed by atoms with Crippen molar-refractivity contribution in [3.8, 4) is 0 Å². The molecule has 0 aliphatic carbocycles. The smallest absolute Gasteiger partial charge is 0.411 e. The maximum absolute atomic E-state index is 13.2. The maximum Gasteiger partial charge on any atom is 0.411 e. The number of aromatic carboxylic acids is 1. The summed E-state index contributed by atoms with van der Waals surface area (Å²) >= 11 is 0. The summed E-state index contributed by atoms with van der Waals surface area (Å²) in [6, 6.07) is 2.90. The molecule has 0 bridgehead atoms. The number of rotatable bonds is 4. The van der Waals surface area contributed by atoms with E-state index in [4.69, 9.17) is 5.11 Å². The summed E-state index contributed by atoms with van der Waals surface area (Å²) in [7, 11) is 0. The van der Waals surface area contributed by atoms with Gasteiger partial charge in [-0.15, -0.1) is 0 Å². The minimum absolute atomic E-state index is 0.126. The second-order valence-electron chi connectivity index (χ2n) is 3.22. The Bertz CT molecular complexity index is 415. The van der Waals surface area contributed by atoms with Crippen LogP contribution in [-0.2, 0) is 11.3 Å². The number of hydrogen-bond donors (Lipinski definition) is 1. The Morgan fingerprint density at radius 1 is 1.35 bits per heavy atom. The lowest BCUT2D eigenvalue weighted by Crippen LogP contribution is -2.17. The van der Waals surface area contributed by atoms with Gasteiger partial charge in [0.15, 0.2) is 0 Å². The number of halogens is 4. The molecule has 1 aromatic carbocycles. The van der Waals surface area contributed by atoms with E-state index in [0.29, 0.717) is 0 Å². The van der Waals surface area contributed by atoms with Crippen LogP contribution in [0.5, 0.6) is 0 Å². The zero-order valence-corrected chi connectivity index (χ0v) is 8.42. The molecule has 0 heterocycles. The molecule has 0 saturated heterocycles. The van der Waals surface area contributed by atoms with Crippen molar-refractivity contribution in [1.29, 1.82) is 0 Å². The van der Waals surface area contributed by atoms with E-state index < -0.39 is 31.2 Å². The third-order valence-corrected chi connectivity index (χ3v) is 1.82. The number of benzene rings is 1. The second-order valence-corrected chi connectivity index (χ2v) is 3.22. The van der Waals surface area contributed by atoms with Crippen LogP contribution in [0, 0.1) is 5.82 Å². The van der Waals surface area contributed by atoms with E-state index >= 15 is 0 Å². The summed E-state index contributed by atoms with van der Waals surface area (Å²) in [4.78, 5) is 10.5. The van der Waals surface area contributed by atoms with E-state index in [2.05, 4.69) is 4.74 Å². The van der Waals surface area contributed by atoms with Crippen LogP contribution in [0.25, 0.3) is 0 Å². The first-order valence-electron chi connectivity index (χ1n) is 4.46. The number of hydrogen-bond acceptors (Lipinski definition) is 2. The van der Waals surface area contributed by atoms with Crippen LogP contribution in [0.3, 0.4) is 0 Å². The van der Waals surface area contributed by atoms with Crippen molar-refractivity contribution in [2.24, 2.45) is 0 Å². The average Bonchev–Trinajstić information content (AvgIpc) is 2.18. The minimum atomic E-state index is -4.47. The van der Waals surface area contributed by atoms with Crippen LogP contribution in [0.15, 0.2) is 18.2 Å². The van der Waals surface area contributed by atoms with Crippen LogP contribution in [0.4, 0.5) is 17.6 Å². The summed E-state index contributed by atoms with van der Waals surface area (Å²) < 4.78 is 52.7. The minimum Gasteiger partial charge on any atom is -0.478 e. The van der Waals surface area contributed by atoms with Gasteiger partial charge in [-0.2, -0.15) is 13.2 Å². The molecule has 0 saturated carbocycles. The van der Waals surface area contributed by atoms with Crippen molar-refractivity contribution in [2.75, 3.05) is 6.61 Å². The van der Waals surface area contributed by atoms with Gasteiger partial charge in [-0.1, -0.05) is 6.07 Å². The molecule has 0 aromatic heterocycles. The fraction of sp³-hybridized carbons (Fsp3) is 0.300. The number of carbonyl (C=O) groups is 1. The lowest BCUT2D eigenvalue weighted by atomic mass is 10.1. The topological polar surface area (TPSA) is 46.5 Å². The van der Waals surface area contributed by atoms with Crippen LogP contribution in [0.2, 0.25) is 0 Å². The van der Waals surface area contributed by atoms with Crippen LogP contribution in [0.1, 0.15) is 15.9 Å². The van der Waals surface area contributed by atoms with Crippen molar-refractivity contribution < 1.29 is 32.2 Å². The molecule has 0 amide bonds. The van der Waals surface area contributed by atoms with Crippen molar-refractivity contribution in [1.82, 2.24) is 0 Å². The van der Waals surface area contributed by atoms with Gasteiger partial charge in [-0.05, 0) is 12.1 Å². The third kappa shape index (κ3) is 4.39. The highest BCUT2D eigenvalue weighted by molar-refractivity contribution is 5.87. The number of alkyl halides is 3. The van der Waals surface area contributed by atoms with E-state index in [0.717, 1.165) is 18.2 Å². The maximum atomic E-state index is 13.2. The SMILES string of the molecule is O=C(O)c1ccc(COCC(F)(F)F)c(F)c1. The number of ether oxygens (including phenoxy) is 1. The molecule has 0 fully saturated rings. The molecule has 0 atom stereocenters. The zero-order chi connectivity index (χ0) is 13.1. The highest BCUT2D eigenvalue weighted by Crippen LogP contribution is 2.17. The molecule has 94 valence electrons. The average molecular weight is 252 g/mol. The van der Waals surface area contributed by atoms with E-state index in [1.807, 2.05) is 0 Å². The molecule has 0 unspecified atom stereocenters. The second kappa shape index (κ2) is 5.13. The summed E-state index contributed by atoms with van der Waals surface area (Å²) in [6.07, 6.45) is -4.47. The van der Waals surface area contributed by atoms with Crippen LogP contribution in [-0.4, -0.2) is 23.9 Å². The van der Waals surface area contributed by atoms with Gasteiger partial charge in [-0.3, -0.25) is 0 Å². The molecule has 1 rings (SSSR count). The van der Waals surface area contributed by atoms with Crippen molar-refractivity contribution in [2.45, 2.75) is 12.8 Å². The number of carboxylic acids is 1. The van der Waals surface area contributed by atoms with E-state index in [9.17, 15) is 22.4 Å². The molecule has 1 N–H and O–H groups in total. The van der Waals surface area contributed by atoms with Crippen molar-refractivity contribution in [3.63, 3.8) is 0 Å². The molecule has 3 nitrogen and oxygen atoms in total. The summed E-state index contributed by atoms with van der Waals surface area (Å²) in [5, 5.41) is 8.54. The Balaban J connectivity index is 2.64. The molecule has 17 heavy (non-hydrogen) atoms. The van der Waals surface area contributed by atoms with Crippen molar-refractivity contribution in [3.05, 3.63) is 35.1 Å². The standard InChI is InChI=1S/C10H8F4O3/c11-8-3-6(9(15)16)1-2-7(8)4-17-5-10(12,13)14/h1-3H,4-5H2,(H,15,16). The number of carboxylic acid groups (broad SMARTS) is 1. The lowest BCUT2D eigenvalue weighted by molar-refractivity contribution is -0.176. The Hall–Kier alpha value is -1.63. The molecule has 7 heteroatoms. The molecule has 0 radical (unpaired) electrons. The Morgan fingerprint density at radius 2 is 2.00 bits per heavy atom. The largest absolute Gasteiger partial charge is 0.478 e. The van der Waals surface area contributed by atoms with Gasteiger partial charge in [0.1, 0.15) is 12.4 Å². The molecule has 0 spiro atoms. The Morgan fingerprint density at radius 3 is 2.47 bits per heavy atom.